The maximum absolute atomic E-state index is 11.6. The highest BCUT2D eigenvalue weighted by molar-refractivity contribution is 5.78. The highest BCUT2D eigenvalue weighted by Crippen LogP contribution is 2.01. The first-order valence-corrected chi connectivity index (χ1v) is 5.15. The van der Waals surface area contributed by atoms with E-state index in [2.05, 4.69) is 16.9 Å². The summed E-state index contributed by atoms with van der Waals surface area (Å²) in [5.74, 6) is -0.498. The number of aromatic nitrogens is 1. The van der Waals surface area contributed by atoms with Crippen molar-refractivity contribution in [1.82, 2.24) is 10.3 Å². The molecule has 1 atom stereocenters. The van der Waals surface area contributed by atoms with Gasteiger partial charge in [0, 0.05) is 18.3 Å². The summed E-state index contributed by atoms with van der Waals surface area (Å²) in [6.45, 7) is 3.57. The molecule has 0 aromatic carbocycles. The molecule has 1 aromatic rings. The fraction of sp³-hybridized carbons (Fsp3) is 0.250. The summed E-state index contributed by atoms with van der Waals surface area (Å²) in [5, 5.41) is 2.41. The quantitative estimate of drug-likeness (QED) is 0.423. The molecule has 0 radical (unpaired) electrons. The van der Waals surface area contributed by atoms with Crippen LogP contribution < -0.4 is 5.32 Å². The van der Waals surface area contributed by atoms with Gasteiger partial charge in [-0.3, -0.25) is 9.78 Å². The lowest BCUT2D eigenvalue weighted by Crippen LogP contribution is -2.39. The van der Waals surface area contributed by atoms with Crippen molar-refractivity contribution >= 4 is 12.4 Å². The van der Waals surface area contributed by atoms with E-state index in [-0.39, 0.29) is 6.61 Å². The van der Waals surface area contributed by atoms with Crippen molar-refractivity contribution in [3.05, 3.63) is 42.7 Å². The lowest BCUT2D eigenvalue weighted by Gasteiger charge is -2.13. The first-order chi connectivity index (χ1) is 8.27. The molecule has 0 saturated heterocycles. The van der Waals surface area contributed by atoms with E-state index in [0.717, 1.165) is 0 Å². The number of ether oxygens (including phenoxy) is 1. The Morgan fingerprint density at radius 1 is 1.59 bits per heavy atom. The molecule has 0 aliphatic rings. The highest BCUT2D eigenvalue weighted by atomic mass is 16.5. The van der Waals surface area contributed by atoms with Gasteiger partial charge in [-0.05, 0) is 12.1 Å². The van der Waals surface area contributed by atoms with Gasteiger partial charge in [-0.1, -0.05) is 18.7 Å². The number of amides is 1. The Hall–Kier alpha value is -2.17. The summed E-state index contributed by atoms with van der Waals surface area (Å²) in [6, 6.07) is 4.65. The van der Waals surface area contributed by atoms with Crippen LogP contribution in [0.15, 0.2) is 37.1 Å². The van der Waals surface area contributed by atoms with Crippen LogP contribution in [0.4, 0.5) is 0 Å². The minimum Gasteiger partial charge on any atom is -0.460 e. The number of nitrogens with zero attached hydrogens (tertiary/aromatic N) is 1. The number of carbonyl (C=O) groups is 2. The second kappa shape index (κ2) is 7.16. The van der Waals surface area contributed by atoms with Crippen molar-refractivity contribution in [3.63, 3.8) is 0 Å². The Morgan fingerprint density at radius 3 is 3.00 bits per heavy atom. The molecule has 5 heteroatoms. The van der Waals surface area contributed by atoms with E-state index in [1.807, 2.05) is 6.07 Å². The van der Waals surface area contributed by atoms with Crippen LogP contribution in [-0.4, -0.2) is 30.0 Å². The van der Waals surface area contributed by atoms with Gasteiger partial charge < -0.3 is 10.1 Å². The minimum atomic E-state index is -0.720. The van der Waals surface area contributed by atoms with Crippen LogP contribution in [0.1, 0.15) is 5.69 Å². The second-order valence-electron chi connectivity index (χ2n) is 3.28. The predicted octanol–water partition coefficient (Wildman–Crippen LogP) is 0.468. The van der Waals surface area contributed by atoms with Gasteiger partial charge in [0.2, 0.25) is 6.41 Å². The largest absolute Gasteiger partial charge is 0.460 e. The van der Waals surface area contributed by atoms with Gasteiger partial charge >= 0.3 is 5.97 Å². The standard InChI is InChI=1S/C12H14N2O3/c1-2-7-17-12(16)11(14-9-15)8-10-5-3-4-6-13-10/h2-6,9,11H,1,7-8H2,(H,14,15). The van der Waals surface area contributed by atoms with Gasteiger partial charge in [-0.15, -0.1) is 0 Å². The molecule has 1 unspecified atom stereocenters. The Labute approximate surface area is 99.5 Å². The van der Waals surface area contributed by atoms with Crippen LogP contribution in [0.3, 0.4) is 0 Å². The molecule has 90 valence electrons. The number of hydrogen-bond donors (Lipinski definition) is 1. The zero-order chi connectivity index (χ0) is 12.5. The van der Waals surface area contributed by atoms with Gasteiger partial charge in [0.15, 0.2) is 0 Å². The first kappa shape index (κ1) is 12.9. The normalized spacial score (nSPS) is 11.3. The van der Waals surface area contributed by atoms with Crippen LogP contribution in [-0.2, 0) is 20.7 Å². The molecule has 0 aliphatic heterocycles. The van der Waals surface area contributed by atoms with E-state index in [0.29, 0.717) is 18.5 Å². The highest BCUT2D eigenvalue weighted by Gasteiger charge is 2.19. The Morgan fingerprint density at radius 2 is 2.41 bits per heavy atom. The Balaban J connectivity index is 2.62. The van der Waals surface area contributed by atoms with E-state index in [9.17, 15) is 9.59 Å². The van der Waals surface area contributed by atoms with Crippen molar-refractivity contribution in [2.24, 2.45) is 0 Å². The molecule has 1 heterocycles. The molecule has 0 spiro atoms. The predicted molar refractivity (Wildman–Crippen MR) is 62.1 cm³/mol. The molecular formula is C12H14N2O3. The molecular weight excluding hydrogens is 220 g/mol. The smallest absolute Gasteiger partial charge is 0.329 e. The minimum absolute atomic E-state index is 0.123. The third kappa shape index (κ3) is 4.46. The Kier molecular flexibility index (Phi) is 5.43. The topological polar surface area (TPSA) is 68.3 Å². The van der Waals surface area contributed by atoms with E-state index < -0.39 is 12.0 Å². The molecule has 1 amide bonds. The molecule has 1 N–H and O–H groups in total. The summed E-state index contributed by atoms with van der Waals surface area (Å²) in [5.41, 5.74) is 0.711. The molecule has 1 aromatic heterocycles. The first-order valence-electron chi connectivity index (χ1n) is 5.15. The van der Waals surface area contributed by atoms with Gasteiger partial charge in [0.05, 0.1) is 0 Å². The van der Waals surface area contributed by atoms with Gasteiger partial charge in [0.25, 0.3) is 0 Å². The van der Waals surface area contributed by atoms with E-state index in [1.54, 1.807) is 18.3 Å². The zero-order valence-electron chi connectivity index (χ0n) is 9.33. The van der Waals surface area contributed by atoms with Crippen LogP contribution in [0, 0.1) is 0 Å². The molecule has 5 nitrogen and oxygen atoms in total. The maximum atomic E-state index is 11.6. The molecule has 0 saturated carbocycles. The lowest BCUT2D eigenvalue weighted by atomic mass is 10.1. The third-order valence-corrected chi connectivity index (χ3v) is 2.04. The van der Waals surface area contributed by atoms with Crippen LogP contribution in [0.25, 0.3) is 0 Å². The van der Waals surface area contributed by atoms with Gasteiger partial charge in [0.1, 0.15) is 12.6 Å². The third-order valence-electron chi connectivity index (χ3n) is 2.04. The monoisotopic (exact) mass is 234 g/mol. The van der Waals surface area contributed by atoms with Gasteiger partial charge in [-0.25, -0.2) is 4.79 Å². The summed E-state index contributed by atoms with van der Waals surface area (Å²) >= 11 is 0. The van der Waals surface area contributed by atoms with Crippen molar-refractivity contribution in [3.8, 4) is 0 Å². The fourth-order valence-corrected chi connectivity index (χ4v) is 1.26. The average Bonchev–Trinajstić information content (AvgIpc) is 2.36. The van der Waals surface area contributed by atoms with E-state index in [1.165, 1.54) is 6.08 Å². The van der Waals surface area contributed by atoms with Gasteiger partial charge in [-0.2, -0.15) is 0 Å². The van der Waals surface area contributed by atoms with Crippen molar-refractivity contribution in [1.29, 1.82) is 0 Å². The number of carbonyl (C=O) groups excluding carboxylic acids is 2. The molecule has 17 heavy (non-hydrogen) atoms. The molecule has 0 aliphatic carbocycles. The van der Waals surface area contributed by atoms with Crippen molar-refractivity contribution < 1.29 is 14.3 Å². The van der Waals surface area contributed by atoms with Crippen LogP contribution in [0.5, 0.6) is 0 Å². The number of nitrogens with one attached hydrogen (secondary N) is 1. The summed E-state index contributed by atoms with van der Waals surface area (Å²) in [6.07, 6.45) is 3.87. The van der Waals surface area contributed by atoms with E-state index >= 15 is 0 Å². The summed E-state index contributed by atoms with van der Waals surface area (Å²) in [7, 11) is 0. The lowest BCUT2D eigenvalue weighted by molar-refractivity contribution is -0.145. The van der Waals surface area contributed by atoms with Crippen LogP contribution in [0.2, 0.25) is 0 Å². The number of esters is 1. The second-order valence-corrected chi connectivity index (χ2v) is 3.28. The number of pyridine rings is 1. The van der Waals surface area contributed by atoms with Crippen molar-refractivity contribution in [2.45, 2.75) is 12.5 Å². The molecule has 0 bridgehead atoms. The SMILES string of the molecule is C=CCOC(=O)C(Cc1ccccn1)NC=O. The maximum Gasteiger partial charge on any atom is 0.329 e. The summed E-state index contributed by atoms with van der Waals surface area (Å²) < 4.78 is 4.87. The summed E-state index contributed by atoms with van der Waals surface area (Å²) in [4.78, 5) is 26.1. The Bertz CT molecular complexity index is 379. The van der Waals surface area contributed by atoms with E-state index in [4.69, 9.17) is 4.74 Å². The zero-order valence-corrected chi connectivity index (χ0v) is 9.33. The number of hydrogen-bond acceptors (Lipinski definition) is 4. The number of rotatable bonds is 7. The fourth-order valence-electron chi connectivity index (χ4n) is 1.26. The average molecular weight is 234 g/mol. The molecule has 1 rings (SSSR count). The van der Waals surface area contributed by atoms with Crippen molar-refractivity contribution in [2.75, 3.05) is 6.61 Å². The van der Waals surface area contributed by atoms with Crippen LogP contribution >= 0.6 is 0 Å². The molecule has 0 fully saturated rings.